The molecule has 10 heteroatoms. The smallest absolute Gasteiger partial charge is 0.303 e. The maximum Gasteiger partial charge on any atom is 0.303 e. The van der Waals surface area contributed by atoms with Gasteiger partial charge in [0, 0.05) is 37.1 Å². The summed E-state index contributed by atoms with van der Waals surface area (Å²) >= 11 is 1.28. The zero-order valence-electron chi connectivity index (χ0n) is 15.0. The Morgan fingerprint density at radius 2 is 1.89 bits per heavy atom. The number of amides is 1. The molecule has 8 nitrogen and oxygen atoms in total. The average Bonchev–Trinajstić information content (AvgIpc) is 3.03. The van der Waals surface area contributed by atoms with Crippen molar-refractivity contribution in [3.8, 4) is 0 Å². The number of hydrogen-bond donors (Lipinski definition) is 1. The number of nitrogens with zero attached hydrogens (tertiary/aromatic N) is 3. The first-order valence-electron chi connectivity index (χ1n) is 8.43. The van der Waals surface area contributed by atoms with E-state index in [-0.39, 0.29) is 35.6 Å². The first-order chi connectivity index (χ1) is 12.7. The molecule has 0 unspecified atom stereocenters. The van der Waals surface area contributed by atoms with Gasteiger partial charge in [-0.25, -0.2) is 8.42 Å². The molecule has 0 radical (unpaired) electrons. The third kappa shape index (κ3) is 4.44. The van der Waals surface area contributed by atoms with Crippen molar-refractivity contribution >= 4 is 50.0 Å². The van der Waals surface area contributed by atoms with E-state index in [1.165, 1.54) is 11.8 Å². The highest BCUT2D eigenvalue weighted by atomic mass is 32.2. The van der Waals surface area contributed by atoms with Crippen molar-refractivity contribution in [1.29, 1.82) is 0 Å². The summed E-state index contributed by atoms with van der Waals surface area (Å²) in [6, 6.07) is 7.30. The Morgan fingerprint density at radius 3 is 2.48 bits per heavy atom. The highest BCUT2D eigenvalue weighted by Crippen LogP contribution is 2.41. The van der Waals surface area contributed by atoms with Crippen molar-refractivity contribution in [3.05, 3.63) is 24.3 Å². The zero-order valence-corrected chi connectivity index (χ0v) is 16.7. The predicted molar refractivity (Wildman–Crippen MR) is 106 cm³/mol. The molecule has 2 atom stereocenters. The van der Waals surface area contributed by atoms with Crippen molar-refractivity contribution in [1.82, 2.24) is 0 Å². The number of fused-ring (bicyclic) bond motifs is 1. The van der Waals surface area contributed by atoms with Crippen LogP contribution >= 0.6 is 11.8 Å². The van der Waals surface area contributed by atoms with E-state index in [4.69, 9.17) is 5.11 Å². The number of carbonyl (C=O) groups excluding carboxylic acids is 1. The Kier molecular flexibility index (Phi) is 5.48. The summed E-state index contributed by atoms with van der Waals surface area (Å²) in [5.41, 5.74) is 1.76. The van der Waals surface area contributed by atoms with Gasteiger partial charge in [-0.15, -0.1) is 0 Å². The van der Waals surface area contributed by atoms with Crippen molar-refractivity contribution < 1.29 is 23.1 Å². The van der Waals surface area contributed by atoms with Gasteiger partial charge >= 0.3 is 5.97 Å². The van der Waals surface area contributed by atoms with Crippen LogP contribution in [0, 0.1) is 0 Å². The number of hydrogen-bond acceptors (Lipinski definition) is 6. The van der Waals surface area contributed by atoms with Crippen LogP contribution in [0.15, 0.2) is 29.3 Å². The fraction of sp³-hybridized carbons (Fsp3) is 0.471. The van der Waals surface area contributed by atoms with Crippen LogP contribution in [0.5, 0.6) is 0 Å². The first kappa shape index (κ1) is 19.7. The number of sulfone groups is 1. The fourth-order valence-corrected chi connectivity index (χ4v) is 7.09. The predicted octanol–water partition coefficient (Wildman–Crippen LogP) is 1.22. The summed E-state index contributed by atoms with van der Waals surface area (Å²) in [6.07, 6.45) is -0.459. The molecular formula is C17H21N3O5S2. The highest BCUT2D eigenvalue weighted by Gasteiger charge is 2.49. The lowest BCUT2D eigenvalue weighted by Crippen LogP contribution is -2.37. The number of amidine groups is 1. The van der Waals surface area contributed by atoms with Crippen LogP contribution in [-0.2, 0) is 19.4 Å². The van der Waals surface area contributed by atoms with Crippen molar-refractivity contribution in [2.45, 2.75) is 24.1 Å². The third-order valence-electron chi connectivity index (χ3n) is 4.48. The van der Waals surface area contributed by atoms with E-state index in [0.717, 1.165) is 11.4 Å². The van der Waals surface area contributed by atoms with Gasteiger partial charge in [-0.1, -0.05) is 11.8 Å². The number of carbonyl (C=O) groups is 2. The molecule has 0 saturated carbocycles. The molecule has 2 aliphatic heterocycles. The Bertz CT molecular complexity index is 880. The molecule has 1 amide bonds. The maximum atomic E-state index is 12.1. The van der Waals surface area contributed by atoms with Crippen LogP contribution < -0.4 is 9.80 Å². The lowest BCUT2D eigenvalue weighted by Gasteiger charge is -2.25. The number of aliphatic imine (C=N–C) groups is 1. The summed E-state index contributed by atoms with van der Waals surface area (Å²) < 4.78 is 24.1. The SMILES string of the molecule is CN(C)c1ccc(N2C(=NC(=O)CCC(=O)O)S[C@H]3CS(=O)(=O)C[C@H]32)cc1. The van der Waals surface area contributed by atoms with Gasteiger partial charge in [-0.05, 0) is 24.3 Å². The number of aliphatic carboxylic acids is 1. The van der Waals surface area contributed by atoms with Crippen molar-refractivity contribution in [2.75, 3.05) is 35.4 Å². The Balaban J connectivity index is 1.90. The number of carboxylic acid groups (broad SMARTS) is 1. The number of carboxylic acids is 1. The molecule has 2 fully saturated rings. The van der Waals surface area contributed by atoms with Crippen LogP contribution in [0.4, 0.5) is 11.4 Å². The summed E-state index contributed by atoms with van der Waals surface area (Å²) in [5.74, 6) is -1.50. The van der Waals surface area contributed by atoms with E-state index in [9.17, 15) is 18.0 Å². The van der Waals surface area contributed by atoms with Gasteiger partial charge in [0.15, 0.2) is 15.0 Å². The number of thioether (sulfide) groups is 1. The lowest BCUT2D eigenvalue weighted by molar-refractivity contribution is -0.138. The Hall–Kier alpha value is -2.07. The Morgan fingerprint density at radius 1 is 1.22 bits per heavy atom. The highest BCUT2D eigenvalue weighted by molar-refractivity contribution is 8.16. The van der Waals surface area contributed by atoms with E-state index >= 15 is 0 Å². The molecule has 0 bridgehead atoms. The maximum absolute atomic E-state index is 12.1. The summed E-state index contributed by atoms with van der Waals surface area (Å²) in [7, 11) is 0.720. The lowest BCUT2D eigenvalue weighted by atomic mass is 10.2. The second-order valence-electron chi connectivity index (χ2n) is 6.76. The average molecular weight is 412 g/mol. The first-order valence-corrected chi connectivity index (χ1v) is 11.1. The second kappa shape index (κ2) is 7.51. The van der Waals surface area contributed by atoms with Crippen molar-refractivity contribution in [3.63, 3.8) is 0 Å². The van der Waals surface area contributed by atoms with E-state index < -0.39 is 21.7 Å². The molecule has 3 rings (SSSR count). The molecule has 27 heavy (non-hydrogen) atoms. The van der Waals surface area contributed by atoms with Crippen molar-refractivity contribution in [2.24, 2.45) is 4.99 Å². The van der Waals surface area contributed by atoms with E-state index in [1.807, 2.05) is 43.3 Å². The molecule has 1 aromatic rings. The van der Waals surface area contributed by atoms with E-state index in [1.54, 1.807) is 4.90 Å². The van der Waals surface area contributed by atoms with Gasteiger partial charge in [0.2, 0.25) is 5.91 Å². The minimum atomic E-state index is -3.13. The van der Waals surface area contributed by atoms with Crippen LogP contribution in [-0.4, -0.2) is 67.5 Å². The summed E-state index contributed by atoms with van der Waals surface area (Å²) in [4.78, 5) is 30.6. The quantitative estimate of drug-likeness (QED) is 0.771. The van der Waals surface area contributed by atoms with E-state index in [0.29, 0.717) is 5.17 Å². The Labute approximate surface area is 162 Å². The fourth-order valence-electron chi connectivity index (χ4n) is 3.15. The molecule has 0 spiro atoms. The largest absolute Gasteiger partial charge is 0.481 e. The second-order valence-corrected chi connectivity index (χ2v) is 10.1. The monoisotopic (exact) mass is 411 g/mol. The van der Waals surface area contributed by atoms with Gasteiger partial charge in [0.25, 0.3) is 0 Å². The molecule has 146 valence electrons. The molecule has 2 aliphatic rings. The van der Waals surface area contributed by atoms with Crippen LogP contribution in [0.25, 0.3) is 0 Å². The minimum Gasteiger partial charge on any atom is -0.481 e. The third-order valence-corrected chi connectivity index (χ3v) is 7.69. The zero-order chi connectivity index (χ0) is 19.8. The summed E-state index contributed by atoms with van der Waals surface area (Å²) in [5, 5.41) is 8.98. The van der Waals surface area contributed by atoms with Crippen LogP contribution in [0.2, 0.25) is 0 Å². The molecule has 2 heterocycles. The van der Waals surface area contributed by atoms with Gasteiger partial charge in [-0.3, -0.25) is 9.59 Å². The molecular weight excluding hydrogens is 390 g/mol. The normalized spacial score (nSPS) is 24.8. The number of rotatable bonds is 5. The number of benzene rings is 1. The summed E-state index contributed by atoms with van der Waals surface area (Å²) in [6.45, 7) is 0. The van der Waals surface area contributed by atoms with Gasteiger partial charge < -0.3 is 14.9 Å². The van der Waals surface area contributed by atoms with Gasteiger partial charge in [0.1, 0.15) is 0 Å². The van der Waals surface area contributed by atoms with E-state index in [2.05, 4.69) is 4.99 Å². The molecule has 2 saturated heterocycles. The molecule has 0 aliphatic carbocycles. The van der Waals surface area contributed by atoms with Gasteiger partial charge in [0.05, 0.1) is 24.0 Å². The topological polar surface area (TPSA) is 107 Å². The van der Waals surface area contributed by atoms with Gasteiger partial charge in [-0.2, -0.15) is 4.99 Å². The van der Waals surface area contributed by atoms with Crippen LogP contribution in [0.1, 0.15) is 12.8 Å². The molecule has 1 N–H and O–H groups in total. The number of anilines is 2. The van der Waals surface area contributed by atoms with Crippen LogP contribution in [0.3, 0.4) is 0 Å². The molecule has 1 aromatic carbocycles. The molecule has 0 aromatic heterocycles. The standard InChI is InChI=1S/C17H21N3O5S2/c1-19(2)11-3-5-12(6-4-11)20-13-9-27(24,25)10-14(13)26-17(20)18-15(21)7-8-16(22)23/h3-6,13-14H,7-10H2,1-2H3,(H,22,23)/t13-,14+/m1/s1. The minimum absolute atomic E-state index is 0.0163.